The smallest absolute Gasteiger partial charge is 0.337 e. The number of hydrogen-bond donors (Lipinski definition) is 0. The van der Waals surface area contributed by atoms with E-state index in [1.165, 1.54) is 56.7 Å². The molecule has 8 nitrogen and oxygen atoms in total. The van der Waals surface area contributed by atoms with Crippen molar-refractivity contribution in [3.63, 3.8) is 0 Å². The second-order valence-electron chi connectivity index (χ2n) is 5.09. The van der Waals surface area contributed by atoms with Crippen LogP contribution in [0.4, 0.5) is 15.8 Å². The van der Waals surface area contributed by atoms with Gasteiger partial charge < -0.3 is 9.47 Å². The van der Waals surface area contributed by atoms with Crippen molar-refractivity contribution in [2.24, 2.45) is 9.98 Å². The maximum absolute atomic E-state index is 12.5. The first-order valence-corrected chi connectivity index (χ1v) is 7.59. The fourth-order valence-corrected chi connectivity index (χ4v) is 1.95. The minimum absolute atomic E-state index is 0.101. The summed E-state index contributed by atoms with van der Waals surface area (Å²) in [4.78, 5) is 49.3. The number of nitrogens with zero attached hydrogens (tertiary/aromatic N) is 2. The summed E-state index contributed by atoms with van der Waals surface area (Å²) in [7, 11) is 2.41. The number of hydrogen-bond acceptors (Lipinski definition) is 8. The molecule has 0 aromatic heterocycles. The maximum atomic E-state index is 12.5. The van der Waals surface area contributed by atoms with Crippen LogP contribution >= 0.6 is 0 Å². The van der Waals surface area contributed by atoms with Crippen LogP contribution in [0.5, 0.6) is 0 Å². The Morgan fingerprint density at radius 3 is 1.89 bits per heavy atom. The van der Waals surface area contributed by atoms with Gasteiger partial charge in [0.25, 0.3) is 0 Å². The number of rotatable bonds is 4. The summed E-state index contributed by atoms with van der Waals surface area (Å²) in [6.45, 7) is 1.75. The summed E-state index contributed by atoms with van der Waals surface area (Å²) in [5.41, 5.74) is 1.42. The highest BCUT2D eigenvalue weighted by Crippen LogP contribution is 2.19. The Bertz CT molecular complexity index is 942. The summed E-state index contributed by atoms with van der Waals surface area (Å²) >= 11 is 0. The summed E-state index contributed by atoms with van der Waals surface area (Å²) in [5, 5.41) is 0. The number of benzene rings is 2. The van der Waals surface area contributed by atoms with E-state index in [-0.39, 0.29) is 16.8 Å². The van der Waals surface area contributed by atoms with Crippen molar-refractivity contribution in [3.8, 4) is 0 Å². The zero-order chi connectivity index (χ0) is 21.1. The first-order chi connectivity index (χ1) is 13.4. The lowest BCUT2D eigenvalue weighted by Crippen LogP contribution is -2.06. The van der Waals surface area contributed by atoms with Crippen molar-refractivity contribution in [3.05, 3.63) is 58.9 Å². The molecule has 2 aromatic carbocycles. The van der Waals surface area contributed by atoms with E-state index in [0.717, 1.165) is 5.56 Å². The van der Waals surface area contributed by atoms with Crippen molar-refractivity contribution in [1.29, 1.82) is 0 Å². The van der Waals surface area contributed by atoms with Crippen LogP contribution in [0.2, 0.25) is 0 Å². The van der Waals surface area contributed by atoms with E-state index < -0.39 is 17.8 Å². The van der Waals surface area contributed by atoms with Crippen LogP contribution in [-0.2, 0) is 19.1 Å². The number of carbonyl (C=O) groups is 2. The van der Waals surface area contributed by atoms with Gasteiger partial charge in [0.1, 0.15) is 5.82 Å². The van der Waals surface area contributed by atoms with E-state index in [1.807, 2.05) is 0 Å². The number of isocyanates is 2. The molecule has 0 saturated heterocycles. The maximum Gasteiger partial charge on any atom is 0.337 e. The monoisotopic (exact) mass is 386 g/mol. The molecule has 0 radical (unpaired) electrons. The lowest BCUT2D eigenvalue weighted by molar-refractivity contribution is 0.0599. The number of carbonyl (C=O) groups excluding carboxylic acids is 4. The van der Waals surface area contributed by atoms with Gasteiger partial charge in [-0.1, -0.05) is 6.07 Å². The molecule has 0 aliphatic carbocycles. The summed E-state index contributed by atoms with van der Waals surface area (Å²) in [5.74, 6) is -1.68. The van der Waals surface area contributed by atoms with Gasteiger partial charge in [-0.2, -0.15) is 9.98 Å². The largest absolute Gasteiger partial charge is 0.465 e. The van der Waals surface area contributed by atoms with E-state index >= 15 is 0 Å². The predicted octanol–water partition coefficient (Wildman–Crippen LogP) is 3.33. The molecule has 0 saturated carbocycles. The molecule has 0 bridgehead atoms. The molecule has 144 valence electrons. The van der Waals surface area contributed by atoms with Crippen LogP contribution in [0, 0.1) is 12.7 Å². The Hall–Kier alpha value is -3.93. The molecule has 2 rings (SSSR count). The van der Waals surface area contributed by atoms with Crippen molar-refractivity contribution < 1.29 is 33.0 Å². The highest BCUT2D eigenvalue weighted by Gasteiger charge is 2.13. The first-order valence-electron chi connectivity index (χ1n) is 7.59. The number of esters is 2. The average Bonchev–Trinajstić information content (AvgIpc) is 2.70. The second kappa shape index (κ2) is 10.9. The van der Waals surface area contributed by atoms with Gasteiger partial charge in [-0.3, -0.25) is 0 Å². The van der Waals surface area contributed by atoms with E-state index in [0.29, 0.717) is 5.69 Å². The van der Waals surface area contributed by atoms with Gasteiger partial charge >= 0.3 is 11.9 Å². The number of aryl methyl sites for hydroxylation is 1. The van der Waals surface area contributed by atoms with Crippen molar-refractivity contribution in [2.75, 3.05) is 14.2 Å². The highest BCUT2D eigenvalue weighted by atomic mass is 19.1. The summed E-state index contributed by atoms with van der Waals surface area (Å²) < 4.78 is 21.5. The zero-order valence-corrected chi connectivity index (χ0v) is 15.2. The standard InChI is InChI=1S/C11H9NO5.C8H6FNO/c1-16-10(14)7-3-8(11(15)17-2)5-9(4-7)12-6-13;1-6-2-3-7(9)4-8(6)10-5-11/h3-5H,1-2H3;2-4H,1H3. The SMILES string of the molecule is COC(=O)c1cc(N=C=O)cc(C(=O)OC)c1.Cc1ccc(F)cc1N=C=O. The number of aliphatic imine (C=N–C) groups is 2. The van der Waals surface area contributed by atoms with E-state index in [2.05, 4.69) is 19.5 Å². The third-order valence-corrected chi connectivity index (χ3v) is 3.27. The van der Waals surface area contributed by atoms with Gasteiger partial charge in [-0.15, -0.1) is 0 Å². The lowest BCUT2D eigenvalue weighted by atomic mass is 10.1. The molecular formula is C19H15FN2O6. The molecule has 0 heterocycles. The normalized spacial score (nSPS) is 9.00. The Morgan fingerprint density at radius 1 is 0.893 bits per heavy atom. The average molecular weight is 386 g/mol. The molecule has 28 heavy (non-hydrogen) atoms. The molecular weight excluding hydrogens is 371 g/mol. The molecule has 0 fully saturated rings. The third-order valence-electron chi connectivity index (χ3n) is 3.27. The summed E-state index contributed by atoms with van der Waals surface area (Å²) in [6, 6.07) is 7.98. The Kier molecular flexibility index (Phi) is 8.63. The molecule has 0 N–H and O–H groups in total. The molecule has 0 aliphatic rings. The van der Waals surface area contributed by atoms with Gasteiger partial charge in [0, 0.05) is 6.07 Å². The van der Waals surface area contributed by atoms with Gasteiger partial charge in [-0.05, 0) is 36.8 Å². The quantitative estimate of drug-likeness (QED) is 0.453. The van der Waals surface area contributed by atoms with Crippen LogP contribution in [0.25, 0.3) is 0 Å². The van der Waals surface area contributed by atoms with E-state index in [9.17, 15) is 23.6 Å². The van der Waals surface area contributed by atoms with Crippen LogP contribution in [0.15, 0.2) is 46.4 Å². The van der Waals surface area contributed by atoms with Crippen molar-refractivity contribution >= 4 is 35.5 Å². The van der Waals surface area contributed by atoms with Crippen LogP contribution in [0.3, 0.4) is 0 Å². The molecule has 0 atom stereocenters. The fraction of sp³-hybridized carbons (Fsp3) is 0.158. The Labute approximate surface area is 159 Å². The van der Waals surface area contributed by atoms with Crippen LogP contribution < -0.4 is 0 Å². The lowest BCUT2D eigenvalue weighted by Gasteiger charge is -2.04. The van der Waals surface area contributed by atoms with Gasteiger partial charge in [0.2, 0.25) is 12.2 Å². The van der Waals surface area contributed by atoms with Crippen molar-refractivity contribution in [1.82, 2.24) is 0 Å². The number of halogens is 1. The second-order valence-corrected chi connectivity index (χ2v) is 5.09. The predicted molar refractivity (Wildman–Crippen MR) is 95.8 cm³/mol. The minimum Gasteiger partial charge on any atom is -0.465 e. The molecule has 0 aliphatic heterocycles. The van der Waals surface area contributed by atoms with Gasteiger partial charge in [-0.25, -0.2) is 23.6 Å². The third kappa shape index (κ3) is 6.42. The van der Waals surface area contributed by atoms with E-state index in [1.54, 1.807) is 13.0 Å². The van der Waals surface area contributed by atoms with Gasteiger partial charge in [0.15, 0.2) is 0 Å². The number of ether oxygens (including phenoxy) is 2. The Morgan fingerprint density at radius 2 is 1.43 bits per heavy atom. The number of methoxy groups -OCH3 is 2. The van der Waals surface area contributed by atoms with Crippen LogP contribution in [0.1, 0.15) is 26.3 Å². The van der Waals surface area contributed by atoms with Crippen molar-refractivity contribution in [2.45, 2.75) is 6.92 Å². The molecule has 9 heteroatoms. The topological polar surface area (TPSA) is 111 Å². The molecule has 2 aromatic rings. The fourth-order valence-electron chi connectivity index (χ4n) is 1.95. The first kappa shape index (κ1) is 22.1. The molecule has 0 amide bonds. The zero-order valence-electron chi connectivity index (χ0n) is 15.2. The highest BCUT2D eigenvalue weighted by molar-refractivity contribution is 5.96. The van der Waals surface area contributed by atoms with Gasteiger partial charge in [0.05, 0.1) is 36.7 Å². The molecule has 0 spiro atoms. The summed E-state index contributed by atoms with van der Waals surface area (Å²) in [6.07, 6.45) is 2.68. The Balaban J connectivity index is 0.000000307. The van der Waals surface area contributed by atoms with Crippen LogP contribution in [-0.4, -0.2) is 38.3 Å². The minimum atomic E-state index is -0.641. The molecule has 0 unspecified atom stereocenters. The van der Waals surface area contributed by atoms with E-state index in [4.69, 9.17) is 0 Å².